The lowest BCUT2D eigenvalue weighted by Crippen LogP contribution is -2.44. The van der Waals surface area contributed by atoms with Crippen LogP contribution in [0.1, 0.15) is 23.7 Å². The van der Waals surface area contributed by atoms with Crippen molar-refractivity contribution in [2.45, 2.75) is 31.3 Å². The molecule has 0 fully saturated rings. The van der Waals surface area contributed by atoms with E-state index in [0.29, 0.717) is 34.0 Å². The average Bonchev–Trinajstić information content (AvgIpc) is 2.68. The van der Waals surface area contributed by atoms with Gasteiger partial charge in [0.05, 0.1) is 10.5 Å². The molecule has 3 nitrogen and oxygen atoms in total. The van der Waals surface area contributed by atoms with Crippen molar-refractivity contribution in [1.29, 1.82) is 0 Å². The highest BCUT2D eigenvalue weighted by atomic mass is 79.9. The van der Waals surface area contributed by atoms with Gasteiger partial charge in [0.25, 0.3) is 5.56 Å². The highest BCUT2D eigenvalue weighted by Gasteiger charge is 2.29. The Morgan fingerprint density at radius 1 is 1.11 bits per heavy atom. The summed E-state index contributed by atoms with van der Waals surface area (Å²) >= 11 is 3.29. The maximum Gasteiger partial charge on any atom is 0.265 e. The summed E-state index contributed by atoms with van der Waals surface area (Å²) in [4.78, 5) is 12.7. The van der Waals surface area contributed by atoms with Gasteiger partial charge in [0.1, 0.15) is 11.6 Å². The summed E-state index contributed by atoms with van der Waals surface area (Å²) in [5.74, 6) is -0.822. The van der Waals surface area contributed by atoms with E-state index in [1.807, 2.05) is 6.07 Å². The molecule has 4 rings (SSSR count). The van der Waals surface area contributed by atoms with Gasteiger partial charge in [0, 0.05) is 17.3 Å². The van der Waals surface area contributed by atoms with Crippen LogP contribution < -0.4 is 11.3 Å². The lowest BCUT2D eigenvalue weighted by Gasteiger charge is -2.33. The molecule has 2 unspecified atom stereocenters. The molecule has 1 aliphatic heterocycles. The van der Waals surface area contributed by atoms with Gasteiger partial charge in [-0.05, 0) is 70.6 Å². The second-order valence-electron chi connectivity index (χ2n) is 7.11. The molecule has 0 spiro atoms. The van der Waals surface area contributed by atoms with Gasteiger partial charge in [-0.2, -0.15) is 0 Å². The van der Waals surface area contributed by atoms with Crippen molar-refractivity contribution in [3.63, 3.8) is 0 Å². The number of hydrogen-bond acceptors (Lipinski definition) is 2. The second-order valence-corrected chi connectivity index (χ2v) is 7.97. The predicted octanol–water partition coefficient (Wildman–Crippen LogP) is 4.61. The molecule has 0 bridgehead atoms. The lowest BCUT2D eigenvalue weighted by molar-refractivity contribution is 0.331. The standard InChI is InChI=1S/C22H19BrF2N2O/c23-18-9-7-16-8-10-19(26)20(27(16)22(18)28)12-14-4-2-6-17(21(14)25)13-3-1-5-15(24)11-13/h1-7,9,11,19-20H,8,10,12,26H2. The molecule has 1 aliphatic rings. The van der Waals surface area contributed by atoms with Gasteiger partial charge in [-0.3, -0.25) is 4.79 Å². The number of aryl methyl sites for hydroxylation is 1. The molecule has 6 heteroatoms. The molecular weight excluding hydrogens is 426 g/mol. The van der Waals surface area contributed by atoms with E-state index in [-0.39, 0.29) is 17.6 Å². The number of aromatic nitrogens is 1. The largest absolute Gasteiger partial charge is 0.326 e. The quantitative estimate of drug-likeness (QED) is 0.640. The fourth-order valence-corrected chi connectivity index (χ4v) is 4.24. The number of hydrogen-bond donors (Lipinski definition) is 1. The Labute approximate surface area is 169 Å². The number of nitrogens with two attached hydrogens (primary N) is 1. The van der Waals surface area contributed by atoms with Crippen molar-refractivity contribution < 1.29 is 8.78 Å². The van der Waals surface area contributed by atoms with Crippen molar-refractivity contribution in [1.82, 2.24) is 4.57 Å². The van der Waals surface area contributed by atoms with Crippen molar-refractivity contribution >= 4 is 15.9 Å². The van der Waals surface area contributed by atoms with Crippen molar-refractivity contribution in [2.24, 2.45) is 5.73 Å². The molecule has 144 valence electrons. The Bertz CT molecular complexity index is 1100. The van der Waals surface area contributed by atoms with E-state index in [1.165, 1.54) is 12.1 Å². The minimum Gasteiger partial charge on any atom is -0.326 e. The smallest absolute Gasteiger partial charge is 0.265 e. The van der Waals surface area contributed by atoms with Gasteiger partial charge in [0.15, 0.2) is 0 Å². The van der Waals surface area contributed by atoms with E-state index in [4.69, 9.17) is 5.73 Å². The summed E-state index contributed by atoms with van der Waals surface area (Å²) in [7, 11) is 0. The lowest BCUT2D eigenvalue weighted by atomic mass is 9.90. The van der Waals surface area contributed by atoms with Crippen LogP contribution in [0, 0.1) is 11.6 Å². The first kappa shape index (κ1) is 19.0. The second kappa shape index (κ2) is 7.60. The molecule has 2 atom stereocenters. The van der Waals surface area contributed by atoms with Crippen LogP contribution in [-0.4, -0.2) is 10.6 Å². The molecule has 1 aromatic heterocycles. The maximum absolute atomic E-state index is 15.3. The molecule has 28 heavy (non-hydrogen) atoms. The molecule has 2 heterocycles. The number of benzene rings is 2. The van der Waals surface area contributed by atoms with Crippen molar-refractivity contribution in [3.8, 4) is 11.1 Å². The van der Waals surface area contributed by atoms with Gasteiger partial charge in [-0.1, -0.05) is 30.3 Å². The fraction of sp³-hybridized carbons (Fsp3) is 0.227. The van der Waals surface area contributed by atoms with E-state index < -0.39 is 11.6 Å². The van der Waals surface area contributed by atoms with Crippen molar-refractivity contribution in [2.75, 3.05) is 0 Å². The van der Waals surface area contributed by atoms with Crippen LogP contribution in [0.5, 0.6) is 0 Å². The monoisotopic (exact) mass is 444 g/mol. The number of fused-ring (bicyclic) bond motifs is 1. The zero-order chi connectivity index (χ0) is 19.8. The Balaban J connectivity index is 1.76. The fourth-order valence-electron chi connectivity index (χ4n) is 3.92. The molecular formula is C22H19BrF2N2O. The third-order valence-electron chi connectivity index (χ3n) is 5.36. The molecule has 0 saturated carbocycles. The summed E-state index contributed by atoms with van der Waals surface area (Å²) in [6, 6.07) is 14.0. The number of rotatable bonds is 3. The molecule has 2 aromatic carbocycles. The normalized spacial score (nSPS) is 18.7. The van der Waals surface area contributed by atoms with E-state index in [1.54, 1.807) is 41.0 Å². The van der Waals surface area contributed by atoms with E-state index in [0.717, 1.165) is 12.1 Å². The zero-order valence-corrected chi connectivity index (χ0v) is 16.6. The highest BCUT2D eigenvalue weighted by molar-refractivity contribution is 9.10. The van der Waals surface area contributed by atoms with Gasteiger partial charge in [-0.25, -0.2) is 8.78 Å². The van der Waals surface area contributed by atoms with Crippen molar-refractivity contribution in [3.05, 3.63) is 92.3 Å². The van der Waals surface area contributed by atoms with E-state index in [2.05, 4.69) is 15.9 Å². The number of nitrogens with zero attached hydrogens (tertiary/aromatic N) is 1. The van der Waals surface area contributed by atoms with Crippen LogP contribution in [-0.2, 0) is 12.8 Å². The topological polar surface area (TPSA) is 48.0 Å². The first-order valence-electron chi connectivity index (χ1n) is 9.14. The summed E-state index contributed by atoms with van der Waals surface area (Å²) in [5, 5.41) is 0. The van der Waals surface area contributed by atoms with Gasteiger partial charge in [0.2, 0.25) is 0 Å². The van der Waals surface area contributed by atoms with Crippen LogP contribution in [0.3, 0.4) is 0 Å². The van der Waals surface area contributed by atoms with Gasteiger partial charge in [-0.15, -0.1) is 0 Å². The van der Waals surface area contributed by atoms with Gasteiger partial charge >= 0.3 is 0 Å². The Morgan fingerprint density at radius 2 is 1.89 bits per heavy atom. The van der Waals surface area contributed by atoms with Crippen LogP contribution >= 0.6 is 15.9 Å². The highest BCUT2D eigenvalue weighted by Crippen LogP contribution is 2.31. The zero-order valence-electron chi connectivity index (χ0n) is 15.0. The van der Waals surface area contributed by atoms with Crippen LogP contribution in [0.2, 0.25) is 0 Å². The predicted molar refractivity (Wildman–Crippen MR) is 109 cm³/mol. The van der Waals surface area contributed by atoms with Gasteiger partial charge < -0.3 is 10.3 Å². The number of pyridine rings is 1. The third-order valence-corrected chi connectivity index (χ3v) is 5.96. The van der Waals surface area contributed by atoms with E-state index >= 15 is 4.39 Å². The Morgan fingerprint density at radius 3 is 2.68 bits per heavy atom. The Hall–Kier alpha value is -2.31. The summed E-state index contributed by atoms with van der Waals surface area (Å²) in [5.41, 5.74) is 8.36. The molecule has 2 N–H and O–H groups in total. The van der Waals surface area contributed by atoms with Crippen LogP contribution in [0.4, 0.5) is 8.78 Å². The minimum absolute atomic E-state index is 0.153. The van der Waals surface area contributed by atoms with Crippen LogP contribution in [0.25, 0.3) is 11.1 Å². The molecule has 0 radical (unpaired) electrons. The minimum atomic E-state index is -0.415. The van der Waals surface area contributed by atoms with E-state index in [9.17, 15) is 9.18 Å². The Kier molecular flexibility index (Phi) is 5.17. The molecule has 0 aliphatic carbocycles. The molecule has 0 saturated heterocycles. The molecule has 3 aromatic rings. The summed E-state index contributed by atoms with van der Waals surface area (Å²) in [6.45, 7) is 0. The summed E-state index contributed by atoms with van der Waals surface area (Å²) in [6.07, 6.45) is 1.74. The molecule has 0 amide bonds. The van der Waals surface area contributed by atoms with Crippen LogP contribution in [0.15, 0.2) is 63.9 Å². The maximum atomic E-state index is 15.3. The SMILES string of the molecule is NC1CCc2ccc(Br)c(=O)n2C1Cc1cccc(-c2cccc(F)c2)c1F. The third kappa shape index (κ3) is 3.42. The first-order valence-corrected chi connectivity index (χ1v) is 9.94. The summed E-state index contributed by atoms with van der Waals surface area (Å²) < 4.78 is 31.0. The number of halogens is 3. The average molecular weight is 445 g/mol. The first-order chi connectivity index (χ1) is 13.5.